The van der Waals surface area contributed by atoms with Crippen LogP contribution in [0.5, 0.6) is 0 Å². The Hall–Kier alpha value is -3.29. The minimum Gasteiger partial charge on any atom is -0.374 e. The summed E-state index contributed by atoms with van der Waals surface area (Å²) in [6, 6.07) is 4.54. The van der Waals surface area contributed by atoms with E-state index in [1.165, 1.54) is 6.07 Å². The predicted molar refractivity (Wildman–Crippen MR) is 121 cm³/mol. The van der Waals surface area contributed by atoms with Gasteiger partial charge in [0.15, 0.2) is 0 Å². The topological polar surface area (TPSA) is 53.9 Å². The van der Waals surface area contributed by atoms with E-state index in [4.69, 9.17) is 4.84 Å². The Morgan fingerprint density at radius 3 is 2.10 bits per heavy atom. The second-order valence-electron chi connectivity index (χ2n) is 10.7. The first-order chi connectivity index (χ1) is 18.5. The van der Waals surface area contributed by atoms with E-state index in [1.807, 2.05) is 0 Å². The van der Waals surface area contributed by atoms with Crippen LogP contribution in [-0.4, -0.2) is 35.8 Å². The number of benzene rings is 2. The Morgan fingerprint density at radius 2 is 1.55 bits per heavy atom. The minimum absolute atomic E-state index is 0.0167. The molecule has 0 radical (unpaired) electrons. The van der Waals surface area contributed by atoms with Crippen LogP contribution in [0.2, 0.25) is 0 Å². The zero-order valence-electron chi connectivity index (χ0n) is 20.4. The van der Waals surface area contributed by atoms with Crippen LogP contribution in [0.15, 0.2) is 41.6 Å². The van der Waals surface area contributed by atoms with E-state index in [2.05, 4.69) is 10.5 Å². The smallest absolute Gasteiger partial charge is 0.374 e. The number of hydrogen-bond acceptors (Lipinski definition) is 4. The maximum absolute atomic E-state index is 14.4. The van der Waals surface area contributed by atoms with E-state index >= 15 is 0 Å². The maximum atomic E-state index is 14.4. The van der Waals surface area contributed by atoms with Gasteiger partial charge in [0.25, 0.3) is 5.60 Å². The van der Waals surface area contributed by atoms with E-state index in [0.717, 1.165) is 24.0 Å². The van der Waals surface area contributed by atoms with E-state index in [1.54, 1.807) is 17.0 Å². The molecule has 1 saturated heterocycles. The lowest BCUT2D eigenvalue weighted by Gasteiger charge is -2.49. The van der Waals surface area contributed by atoms with Crippen LogP contribution in [-0.2, 0) is 39.7 Å². The van der Waals surface area contributed by atoms with Gasteiger partial charge in [-0.1, -0.05) is 17.3 Å². The largest absolute Gasteiger partial charge is 0.435 e. The zero-order chi connectivity index (χ0) is 28.9. The van der Waals surface area contributed by atoms with Gasteiger partial charge in [-0.15, -0.1) is 0 Å². The lowest BCUT2D eigenvalue weighted by molar-refractivity contribution is -0.276. The van der Waals surface area contributed by atoms with Gasteiger partial charge < -0.3 is 15.1 Å². The SMILES string of the molecule is O=C(C1CC1)N1CC2(C1)NCc1cc(C3=NOC(c4cc(C(F)(F)F)cc(C(F)(F)F)c4)(C(F)(F)F)C3)ccc12. The van der Waals surface area contributed by atoms with Gasteiger partial charge in [0, 0.05) is 37.5 Å². The minimum atomic E-state index is -5.41. The van der Waals surface area contributed by atoms with Gasteiger partial charge in [0.05, 0.1) is 22.4 Å². The summed E-state index contributed by atoms with van der Waals surface area (Å²) in [7, 11) is 0. The number of halogens is 9. The fourth-order valence-corrected chi connectivity index (χ4v) is 5.62. The highest BCUT2D eigenvalue weighted by Gasteiger charge is 2.63. The summed E-state index contributed by atoms with van der Waals surface area (Å²) in [5, 5.41) is 6.85. The molecule has 3 heterocycles. The molecular formula is C26H20F9N3O2. The number of alkyl halides is 9. The van der Waals surface area contributed by atoms with Gasteiger partial charge in [-0.2, -0.15) is 39.5 Å². The third-order valence-electron chi connectivity index (χ3n) is 7.97. The fraction of sp³-hybridized carbons (Fsp3) is 0.462. The van der Waals surface area contributed by atoms with E-state index in [0.29, 0.717) is 19.6 Å². The highest BCUT2D eigenvalue weighted by atomic mass is 19.4. The first-order valence-corrected chi connectivity index (χ1v) is 12.3. The molecule has 0 aromatic heterocycles. The number of carbonyl (C=O) groups is 1. The molecular weight excluding hydrogens is 557 g/mol. The molecule has 1 saturated carbocycles. The van der Waals surface area contributed by atoms with Gasteiger partial charge in [0.2, 0.25) is 5.91 Å². The summed E-state index contributed by atoms with van der Waals surface area (Å²) in [4.78, 5) is 18.8. The Labute approximate surface area is 220 Å². The van der Waals surface area contributed by atoms with Gasteiger partial charge in [-0.3, -0.25) is 4.79 Å². The third-order valence-corrected chi connectivity index (χ3v) is 7.97. The maximum Gasteiger partial charge on any atom is 0.435 e. The van der Waals surface area contributed by atoms with Crippen molar-refractivity contribution in [1.82, 2.24) is 10.2 Å². The van der Waals surface area contributed by atoms with Crippen LogP contribution in [0.3, 0.4) is 0 Å². The molecule has 3 aliphatic heterocycles. The molecule has 1 N–H and O–H groups in total. The van der Waals surface area contributed by atoms with Crippen LogP contribution < -0.4 is 5.32 Å². The van der Waals surface area contributed by atoms with Crippen molar-refractivity contribution in [3.63, 3.8) is 0 Å². The van der Waals surface area contributed by atoms with Crippen molar-refractivity contribution in [2.24, 2.45) is 11.1 Å². The van der Waals surface area contributed by atoms with Crippen molar-refractivity contribution in [1.29, 1.82) is 0 Å². The fourth-order valence-electron chi connectivity index (χ4n) is 5.62. The van der Waals surface area contributed by atoms with Crippen LogP contribution in [0.25, 0.3) is 0 Å². The van der Waals surface area contributed by atoms with E-state index in [9.17, 15) is 44.3 Å². The summed E-state index contributed by atoms with van der Waals surface area (Å²) >= 11 is 0. The van der Waals surface area contributed by atoms with Crippen molar-refractivity contribution in [3.8, 4) is 0 Å². The van der Waals surface area contributed by atoms with Crippen LogP contribution in [0.4, 0.5) is 39.5 Å². The van der Waals surface area contributed by atoms with Gasteiger partial charge in [-0.05, 0) is 53.8 Å². The number of hydrogen-bond donors (Lipinski definition) is 1. The molecule has 4 aliphatic rings. The first kappa shape index (κ1) is 26.9. The molecule has 1 atom stereocenters. The molecule has 1 spiro atoms. The number of fused-ring (bicyclic) bond motifs is 2. The van der Waals surface area contributed by atoms with Crippen LogP contribution in [0.1, 0.15) is 52.6 Å². The van der Waals surface area contributed by atoms with E-state index < -0.39 is 52.8 Å². The normalized spacial score (nSPS) is 24.0. The molecule has 1 amide bonds. The molecule has 1 unspecified atom stereocenters. The van der Waals surface area contributed by atoms with E-state index in [-0.39, 0.29) is 41.3 Å². The molecule has 0 bridgehead atoms. The van der Waals surface area contributed by atoms with Gasteiger partial charge in [-0.25, -0.2) is 0 Å². The summed E-state index contributed by atoms with van der Waals surface area (Å²) < 4.78 is 123. The Morgan fingerprint density at radius 1 is 0.925 bits per heavy atom. The van der Waals surface area contributed by atoms with Crippen molar-refractivity contribution in [3.05, 3.63) is 69.8 Å². The van der Waals surface area contributed by atoms with Gasteiger partial charge in [0.1, 0.15) is 0 Å². The molecule has 5 nitrogen and oxygen atoms in total. The third kappa shape index (κ3) is 4.22. The lowest BCUT2D eigenvalue weighted by atomic mass is 9.81. The molecule has 214 valence electrons. The highest BCUT2D eigenvalue weighted by Crippen LogP contribution is 2.51. The average molecular weight is 577 g/mol. The van der Waals surface area contributed by atoms with Crippen molar-refractivity contribution in [2.45, 2.75) is 55.5 Å². The summed E-state index contributed by atoms with van der Waals surface area (Å²) in [6.07, 6.45) is -15.5. The number of nitrogens with one attached hydrogen (secondary N) is 1. The molecule has 6 rings (SSSR count). The van der Waals surface area contributed by atoms with Crippen molar-refractivity contribution in [2.75, 3.05) is 13.1 Å². The van der Waals surface area contributed by atoms with Crippen molar-refractivity contribution < 1.29 is 49.1 Å². The lowest BCUT2D eigenvalue weighted by Crippen LogP contribution is -2.66. The van der Waals surface area contributed by atoms with Crippen LogP contribution >= 0.6 is 0 Å². The Kier molecular flexibility index (Phi) is 5.63. The zero-order valence-corrected chi connectivity index (χ0v) is 20.4. The standard InChI is InChI=1S/C26H20F9N3O2/c27-24(28,29)17-6-16(7-18(8-17)25(30,31)32)23(26(33,34)35)9-20(37-40-23)14-3-4-19-15(5-14)10-36-22(19)11-38(12-22)21(39)13-1-2-13/h3-8,13,36H,1-2,9-12H2. The number of oxime groups is 1. The summed E-state index contributed by atoms with van der Waals surface area (Å²) in [5.41, 5.74) is -7.63. The Bertz CT molecular complexity index is 1390. The quantitative estimate of drug-likeness (QED) is 0.466. The number of carbonyl (C=O) groups excluding carboxylic acids is 1. The average Bonchev–Trinajstić information content (AvgIpc) is 3.46. The first-order valence-electron chi connectivity index (χ1n) is 12.3. The molecule has 2 fully saturated rings. The van der Waals surface area contributed by atoms with Gasteiger partial charge >= 0.3 is 18.5 Å². The second-order valence-corrected chi connectivity index (χ2v) is 10.7. The molecule has 2 aromatic rings. The molecule has 14 heteroatoms. The Balaban J connectivity index is 1.30. The predicted octanol–water partition coefficient (Wildman–Crippen LogP) is 5.86. The monoisotopic (exact) mass is 577 g/mol. The number of amides is 1. The number of rotatable bonds is 3. The summed E-state index contributed by atoms with van der Waals surface area (Å²) in [6.45, 7) is 1.26. The van der Waals surface area contributed by atoms with Crippen LogP contribution in [0, 0.1) is 5.92 Å². The number of nitrogens with zero attached hydrogens (tertiary/aromatic N) is 2. The van der Waals surface area contributed by atoms with Crippen molar-refractivity contribution >= 4 is 11.6 Å². The summed E-state index contributed by atoms with van der Waals surface area (Å²) in [5.74, 6) is 0.167. The molecule has 2 aromatic carbocycles. The highest BCUT2D eigenvalue weighted by molar-refractivity contribution is 6.02. The molecule has 1 aliphatic carbocycles. The second kappa shape index (κ2) is 8.37. The molecule has 40 heavy (non-hydrogen) atoms. The number of likely N-dealkylation sites (tertiary alicyclic amines) is 1.